The fourth-order valence-corrected chi connectivity index (χ4v) is 3.77. The van der Waals surface area contributed by atoms with E-state index in [1.165, 1.54) is 23.1 Å². The number of hydrogen-bond donors (Lipinski definition) is 2. The molecule has 0 aliphatic heterocycles. The van der Waals surface area contributed by atoms with Crippen molar-refractivity contribution >= 4 is 34.1 Å². The lowest BCUT2D eigenvalue weighted by Gasteiger charge is -2.20. The number of methoxy groups -OCH3 is 1. The van der Waals surface area contributed by atoms with Gasteiger partial charge in [0.2, 0.25) is 11.0 Å². The molecule has 0 aliphatic carbocycles. The second-order valence-electron chi connectivity index (χ2n) is 5.25. The third-order valence-electron chi connectivity index (χ3n) is 3.54. The van der Waals surface area contributed by atoms with Gasteiger partial charge in [0.05, 0.1) is 18.9 Å². The third-order valence-corrected chi connectivity index (χ3v) is 5.43. The summed E-state index contributed by atoms with van der Waals surface area (Å²) >= 11 is 2.57. The first kappa shape index (κ1) is 18.2. The molecule has 1 aromatic carbocycles. The molecule has 1 atom stereocenters. The highest BCUT2D eigenvalue weighted by molar-refractivity contribution is 8.01. The van der Waals surface area contributed by atoms with Crippen molar-refractivity contribution in [2.24, 2.45) is 0 Å². The van der Waals surface area contributed by atoms with E-state index in [0.29, 0.717) is 9.47 Å². The summed E-state index contributed by atoms with van der Waals surface area (Å²) in [6, 6.07) is 11.1. The Morgan fingerprint density at radius 3 is 2.50 bits per heavy atom. The third kappa shape index (κ3) is 4.70. The maximum Gasteiger partial charge on any atom is 0.231 e. The number of aromatic nitrogens is 3. The number of carbonyl (C=O) groups is 1. The van der Waals surface area contributed by atoms with E-state index in [1.54, 1.807) is 19.5 Å². The quantitative estimate of drug-likeness (QED) is 0.600. The standard InChI is InChI=1S/C17H17N5O2S2/c1-24-13-4-2-11(3-5-13)15(12-6-8-19-9-7-12)20-14(23)10-25-17-22-21-16(18)26-17/h2-9,15H,10H2,1H3,(H2,18,21)(H,20,23). The fraction of sp³-hybridized carbons (Fsp3) is 0.176. The lowest BCUT2D eigenvalue weighted by Crippen LogP contribution is -2.30. The summed E-state index contributed by atoms with van der Waals surface area (Å²) in [6.07, 6.45) is 3.41. The summed E-state index contributed by atoms with van der Waals surface area (Å²) in [5.74, 6) is 0.881. The molecule has 0 saturated carbocycles. The van der Waals surface area contributed by atoms with Crippen LogP contribution in [0.25, 0.3) is 0 Å². The number of nitrogens with zero attached hydrogens (tertiary/aromatic N) is 3. The van der Waals surface area contributed by atoms with Crippen molar-refractivity contribution < 1.29 is 9.53 Å². The molecule has 9 heteroatoms. The average molecular weight is 387 g/mol. The SMILES string of the molecule is COc1ccc(C(NC(=O)CSc2nnc(N)s2)c2ccncc2)cc1. The molecule has 0 saturated heterocycles. The van der Waals surface area contributed by atoms with Gasteiger partial charge >= 0.3 is 0 Å². The van der Waals surface area contributed by atoms with Crippen LogP contribution in [0.2, 0.25) is 0 Å². The van der Waals surface area contributed by atoms with Gasteiger partial charge < -0.3 is 15.8 Å². The lowest BCUT2D eigenvalue weighted by molar-refractivity contribution is -0.119. The van der Waals surface area contributed by atoms with E-state index in [9.17, 15) is 4.79 Å². The Morgan fingerprint density at radius 2 is 1.88 bits per heavy atom. The molecule has 134 valence electrons. The number of carbonyl (C=O) groups excluding carboxylic acids is 1. The van der Waals surface area contributed by atoms with Crippen LogP contribution < -0.4 is 15.8 Å². The van der Waals surface area contributed by atoms with Crippen molar-refractivity contribution in [1.29, 1.82) is 0 Å². The molecule has 3 aromatic rings. The van der Waals surface area contributed by atoms with Gasteiger partial charge in [0.1, 0.15) is 5.75 Å². The first-order valence-electron chi connectivity index (χ1n) is 7.70. The lowest BCUT2D eigenvalue weighted by atomic mass is 9.99. The van der Waals surface area contributed by atoms with Crippen molar-refractivity contribution in [1.82, 2.24) is 20.5 Å². The molecule has 1 amide bonds. The number of nitrogens with two attached hydrogens (primary N) is 1. The summed E-state index contributed by atoms with van der Waals surface area (Å²) in [5.41, 5.74) is 7.46. The largest absolute Gasteiger partial charge is 0.497 e. The highest BCUT2D eigenvalue weighted by Crippen LogP contribution is 2.26. The van der Waals surface area contributed by atoms with Gasteiger partial charge in [-0.3, -0.25) is 9.78 Å². The second kappa shape index (κ2) is 8.63. The molecule has 3 N–H and O–H groups in total. The van der Waals surface area contributed by atoms with Crippen LogP contribution in [0.4, 0.5) is 5.13 Å². The first-order chi connectivity index (χ1) is 12.7. The summed E-state index contributed by atoms with van der Waals surface area (Å²) in [7, 11) is 1.62. The number of anilines is 1. The van der Waals surface area contributed by atoms with Gasteiger partial charge in [0.25, 0.3) is 0 Å². The first-order valence-corrected chi connectivity index (χ1v) is 9.51. The number of thioether (sulfide) groups is 1. The molecule has 7 nitrogen and oxygen atoms in total. The number of rotatable bonds is 7. The zero-order valence-corrected chi connectivity index (χ0v) is 15.6. The molecule has 26 heavy (non-hydrogen) atoms. The van der Waals surface area contributed by atoms with Crippen LogP contribution in [0.3, 0.4) is 0 Å². The number of hydrogen-bond acceptors (Lipinski definition) is 8. The van der Waals surface area contributed by atoms with Crippen LogP contribution in [0.5, 0.6) is 5.75 Å². The van der Waals surface area contributed by atoms with E-state index in [-0.39, 0.29) is 17.7 Å². The van der Waals surface area contributed by atoms with Gasteiger partial charge in [-0.05, 0) is 35.4 Å². The van der Waals surface area contributed by atoms with E-state index in [0.717, 1.165) is 16.9 Å². The summed E-state index contributed by atoms with van der Waals surface area (Å²) in [6.45, 7) is 0. The highest BCUT2D eigenvalue weighted by atomic mass is 32.2. The highest BCUT2D eigenvalue weighted by Gasteiger charge is 2.17. The Bertz CT molecular complexity index is 855. The van der Waals surface area contributed by atoms with Gasteiger partial charge in [0.15, 0.2) is 4.34 Å². The van der Waals surface area contributed by atoms with E-state index in [2.05, 4.69) is 20.5 Å². The molecule has 0 fully saturated rings. The molecule has 0 spiro atoms. The molecule has 0 radical (unpaired) electrons. The number of pyridine rings is 1. The Labute approximate surface area is 159 Å². The van der Waals surface area contributed by atoms with Crippen molar-refractivity contribution in [3.05, 3.63) is 59.9 Å². The minimum Gasteiger partial charge on any atom is -0.497 e. The van der Waals surface area contributed by atoms with Crippen molar-refractivity contribution in [3.63, 3.8) is 0 Å². The smallest absolute Gasteiger partial charge is 0.231 e. The van der Waals surface area contributed by atoms with Gasteiger partial charge in [-0.25, -0.2) is 0 Å². The average Bonchev–Trinajstić information content (AvgIpc) is 3.10. The fourth-order valence-electron chi connectivity index (χ4n) is 2.32. The van der Waals surface area contributed by atoms with E-state index >= 15 is 0 Å². The minimum atomic E-state index is -0.281. The van der Waals surface area contributed by atoms with Crippen LogP contribution in [0.15, 0.2) is 53.1 Å². The Balaban J connectivity index is 1.73. The maximum atomic E-state index is 12.5. The van der Waals surface area contributed by atoms with Crippen LogP contribution in [0, 0.1) is 0 Å². The zero-order valence-electron chi connectivity index (χ0n) is 14.0. The predicted molar refractivity (Wildman–Crippen MR) is 102 cm³/mol. The number of amides is 1. The van der Waals surface area contributed by atoms with Gasteiger partial charge in [0, 0.05) is 12.4 Å². The van der Waals surface area contributed by atoms with Crippen molar-refractivity contribution in [2.75, 3.05) is 18.6 Å². The number of benzene rings is 1. The predicted octanol–water partition coefficient (Wildman–Crippen LogP) is 2.52. The molecule has 0 aliphatic rings. The van der Waals surface area contributed by atoms with Gasteiger partial charge in [-0.15, -0.1) is 10.2 Å². The molecular weight excluding hydrogens is 370 g/mol. The Morgan fingerprint density at radius 1 is 1.19 bits per heavy atom. The molecular formula is C17H17N5O2S2. The van der Waals surface area contributed by atoms with E-state index in [1.807, 2.05) is 36.4 Å². The normalized spacial score (nSPS) is 11.7. The van der Waals surface area contributed by atoms with Crippen LogP contribution in [-0.4, -0.2) is 34.0 Å². The monoisotopic (exact) mass is 387 g/mol. The molecule has 0 bridgehead atoms. The van der Waals surface area contributed by atoms with Crippen LogP contribution in [0.1, 0.15) is 17.2 Å². The van der Waals surface area contributed by atoms with Gasteiger partial charge in [-0.2, -0.15) is 0 Å². The summed E-state index contributed by atoms with van der Waals surface area (Å²) in [4.78, 5) is 16.5. The maximum absolute atomic E-state index is 12.5. The molecule has 2 heterocycles. The number of nitrogen functional groups attached to an aromatic ring is 1. The zero-order chi connectivity index (χ0) is 18.4. The molecule has 3 rings (SSSR count). The van der Waals surface area contributed by atoms with E-state index in [4.69, 9.17) is 10.5 Å². The molecule has 1 unspecified atom stereocenters. The Kier molecular flexibility index (Phi) is 6.03. The number of ether oxygens (including phenoxy) is 1. The number of nitrogens with one attached hydrogen (secondary N) is 1. The minimum absolute atomic E-state index is 0.110. The summed E-state index contributed by atoms with van der Waals surface area (Å²) < 4.78 is 5.87. The topological polar surface area (TPSA) is 103 Å². The van der Waals surface area contributed by atoms with Gasteiger partial charge in [-0.1, -0.05) is 35.2 Å². The second-order valence-corrected chi connectivity index (χ2v) is 7.48. The molecule has 2 aromatic heterocycles. The summed E-state index contributed by atoms with van der Waals surface area (Å²) in [5, 5.41) is 11.1. The van der Waals surface area contributed by atoms with E-state index < -0.39 is 0 Å². The van der Waals surface area contributed by atoms with Crippen LogP contribution in [-0.2, 0) is 4.79 Å². The van der Waals surface area contributed by atoms with Crippen molar-refractivity contribution in [3.8, 4) is 5.75 Å². The van der Waals surface area contributed by atoms with Crippen molar-refractivity contribution in [2.45, 2.75) is 10.4 Å². The Hall–Kier alpha value is -2.65. The van der Waals surface area contributed by atoms with Crippen LogP contribution >= 0.6 is 23.1 Å².